The Bertz CT molecular complexity index is 1350. The fraction of sp³-hybridized carbons (Fsp3) is 0.519. The van der Waals surface area contributed by atoms with Crippen molar-refractivity contribution < 1.29 is 38.9 Å². The van der Waals surface area contributed by atoms with Crippen LogP contribution in [0.25, 0.3) is 0 Å². The zero-order chi connectivity index (χ0) is 29.1. The van der Waals surface area contributed by atoms with E-state index in [1.807, 2.05) is 6.08 Å². The number of alkyl halides is 3. The molecule has 3 fully saturated rings. The van der Waals surface area contributed by atoms with Gasteiger partial charge in [0.15, 0.2) is 21.2 Å². The van der Waals surface area contributed by atoms with Gasteiger partial charge in [0, 0.05) is 18.9 Å². The van der Waals surface area contributed by atoms with Crippen LogP contribution in [0.2, 0.25) is 0 Å². The first-order valence-corrected chi connectivity index (χ1v) is 14.8. The zero-order valence-corrected chi connectivity index (χ0v) is 24.5. The summed E-state index contributed by atoms with van der Waals surface area (Å²) in [5.74, 6) is -6.44. The Hall–Kier alpha value is -2.63. The summed E-state index contributed by atoms with van der Waals surface area (Å²) in [7, 11) is 0. The first-order valence-electron chi connectivity index (χ1n) is 12.9. The van der Waals surface area contributed by atoms with Gasteiger partial charge in [-0.25, -0.2) is 0 Å². The van der Waals surface area contributed by atoms with E-state index in [1.165, 1.54) is 6.07 Å². The van der Waals surface area contributed by atoms with E-state index >= 15 is 0 Å². The summed E-state index contributed by atoms with van der Waals surface area (Å²) in [4.78, 5) is 63.6. The van der Waals surface area contributed by atoms with Crippen molar-refractivity contribution in [2.24, 2.45) is 17.8 Å². The highest BCUT2D eigenvalue weighted by atomic mass is 79.9. The van der Waals surface area contributed by atoms with Crippen LogP contribution in [0.4, 0.5) is 0 Å². The zero-order valence-electron chi connectivity index (χ0n) is 21.4. The number of hydrogen-bond donors (Lipinski definition) is 2. The van der Waals surface area contributed by atoms with Crippen molar-refractivity contribution in [3.8, 4) is 11.5 Å². The van der Waals surface area contributed by atoms with Crippen molar-refractivity contribution in [1.29, 1.82) is 0 Å². The largest absolute Gasteiger partial charge is 0.504 e. The second-order valence-corrected chi connectivity index (χ2v) is 12.2. The van der Waals surface area contributed by atoms with Gasteiger partial charge in [0.05, 0.1) is 23.9 Å². The van der Waals surface area contributed by atoms with Crippen molar-refractivity contribution in [1.82, 2.24) is 9.80 Å². The second-order valence-electron chi connectivity index (χ2n) is 10.5. The SMILES string of the molecule is CCOc1cc([C@H]2C3=CC[C@@H]4C(=O)N(CCCC(=O)O)C(=O)[C@@H]4[C@@H]3C[C@@]3(Cl)C(=O)N(CBr)C(=O)[C@@]23Cl)ccc1O. The molecule has 0 spiro atoms. The number of carboxylic acid groups (broad SMARTS) is 1. The fourth-order valence-corrected chi connectivity index (χ4v) is 8.21. The predicted octanol–water partition coefficient (Wildman–Crippen LogP) is 3.37. The Morgan fingerprint density at radius 2 is 1.85 bits per heavy atom. The Morgan fingerprint density at radius 1 is 1.12 bits per heavy atom. The highest BCUT2D eigenvalue weighted by molar-refractivity contribution is 9.09. The lowest BCUT2D eigenvalue weighted by Crippen LogP contribution is -2.60. The lowest BCUT2D eigenvalue weighted by molar-refractivity contribution is -0.142. The molecule has 1 aromatic carbocycles. The third kappa shape index (κ3) is 3.99. The van der Waals surface area contributed by atoms with Gasteiger partial charge in [-0.15, -0.1) is 23.2 Å². The summed E-state index contributed by atoms with van der Waals surface area (Å²) >= 11 is 17.5. The number of benzene rings is 1. The molecule has 0 aromatic heterocycles. The van der Waals surface area contributed by atoms with Crippen LogP contribution in [-0.4, -0.2) is 78.0 Å². The molecule has 40 heavy (non-hydrogen) atoms. The quantitative estimate of drug-likeness (QED) is 0.188. The number of carbonyl (C=O) groups is 5. The molecule has 0 bridgehead atoms. The van der Waals surface area contributed by atoms with Gasteiger partial charge in [0.25, 0.3) is 11.8 Å². The van der Waals surface area contributed by atoms with Gasteiger partial charge in [-0.2, -0.15) is 0 Å². The number of carbonyl (C=O) groups excluding carboxylic acids is 4. The highest BCUT2D eigenvalue weighted by Gasteiger charge is 2.76. The van der Waals surface area contributed by atoms with E-state index in [-0.39, 0.29) is 55.8 Å². The minimum Gasteiger partial charge on any atom is -0.504 e. The number of phenolic OH excluding ortho intramolecular Hbond substituents is 1. The van der Waals surface area contributed by atoms with E-state index in [4.69, 9.17) is 33.0 Å². The minimum atomic E-state index is -1.96. The minimum absolute atomic E-state index is 0.0294. The number of aliphatic carboxylic acids is 1. The van der Waals surface area contributed by atoms with Crippen LogP contribution in [0.1, 0.15) is 44.1 Å². The summed E-state index contributed by atoms with van der Waals surface area (Å²) in [5.41, 5.74) is 0.945. The van der Waals surface area contributed by atoms with Crippen molar-refractivity contribution in [2.75, 3.05) is 18.6 Å². The van der Waals surface area contributed by atoms with E-state index in [9.17, 15) is 29.1 Å². The van der Waals surface area contributed by atoms with Gasteiger partial charge in [-0.3, -0.25) is 33.8 Å². The van der Waals surface area contributed by atoms with Gasteiger partial charge in [0.2, 0.25) is 11.8 Å². The van der Waals surface area contributed by atoms with E-state index < -0.39 is 63.0 Å². The summed E-state index contributed by atoms with van der Waals surface area (Å²) in [6, 6.07) is 4.53. The number of rotatable bonds is 8. The van der Waals surface area contributed by atoms with Gasteiger partial charge in [0.1, 0.15) is 0 Å². The molecule has 4 aliphatic rings. The van der Waals surface area contributed by atoms with Crippen LogP contribution in [-0.2, 0) is 24.0 Å². The van der Waals surface area contributed by atoms with Crippen molar-refractivity contribution in [3.05, 3.63) is 35.4 Å². The lowest BCUT2D eigenvalue weighted by atomic mass is 9.56. The average Bonchev–Trinajstić information content (AvgIpc) is 3.23. The number of halogens is 3. The molecular formula is C27H27BrCl2N2O8. The van der Waals surface area contributed by atoms with Gasteiger partial charge < -0.3 is 14.9 Å². The molecular weight excluding hydrogens is 631 g/mol. The number of phenols is 1. The van der Waals surface area contributed by atoms with Gasteiger partial charge in [-0.05, 0) is 49.8 Å². The Kier molecular flexibility index (Phi) is 7.46. The number of carboxylic acids is 1. The molecule has 13 heteroatoms. The van der Waals surface area contributed by atoms with Crippen molar-refractivity contribution in [2.45, 2.75) is 48.3 Å². The topological polar surface area (TPSA) is 142 Å². The smallest absolute Gasteiger partial charge is 0.303 e. The van der Waals surface area contributed by atoms with Gasteiger partial charge >= 0.3 is 5.97 Å². The summed E-state index contributed by atoms with van der Waals surface area (Å²) in [5, 5.41) is 19.3. The van der Waals surface area contributed by atoms with Crippen LogP contribution in [0.3, 0.4) is 0 Å². The van der Waals surface area contributed by atoms with E-state index in [0.29, 0.717) is 11.1 Å². The molecule has 6 atom stereocenters. The fourth-order valence-electron chi connectivity index (χ4n) is 6.78. The molecule has 0 radical (unpaired) electrons. The highest BCUT2D eigenvalue weighted by Crippen LogP contribution is 2.65. The summed E-state index contributed by atoms with van der Waals surface area (Å²) < 4.78 is 5.57. The number of ether oxygens (including phenoxy) is 1. The number of aromatic hydroxyl groups is 1. The summed E-state index contributed by atoms with van der Waals surface area (Å²) in [6.45, 7) is 1.97. The van der Waals surface area contributed by atoms with Crippen LogP contribution in [0.5, 0.6) is 11.5 Å². The van der Waals surface area contributed by atoms with Crippen LogP contribution in [0, 0.1) is 17.8 Å². The first-order chi connectivity index (χ1) is 18.9. The van der Waals surface area contributed by atoms with E-state index in [2.05, 4.69) is 15.9 Å². The molecule has 1 aromatic rings. The average molecular weight is 658 g/mol. The number of likely N-dealkylation sites (tertiary alicyclic amines) is 2. The lowest BCUT2D eigenvalue weighted by Gasteiger charge is -2.50. The second kappa shape index (κ2) is 10.3. The normalized spacial score (nSPS) is 33.0. The first kappa shape index (κ1) is 28.9. The molecule has 214 valence electrons. The Morgan fingerprint density at radius 3 is 2.50 bits per heavy atom. The van der Waals surface area contributed by atoms with Crippen LogP contribution < -0.4 is 4.74 Å². The maximum Gasteiger partial charge on any atom is 0.303 e. The third-order valence-corrected chi connectivity index (χ3v) is 10.4. The number of hydrogen-bond acceptors (Lipinski definition) is 7. The molecule has 5 rings (SSSR count). The molecule has 4 amide bonds. The summed E-state index contributed by atoms with van der Waals surface area (Å²) in [6.07, 6.45) is 1.79. The monoisotopic (exact) mass is 656 g/mol. The predicted molar refractivity (Wildman–Crippen MR) is 146 cm³/mol. The number of amides is 4. The molecule has 2 aliphatic heterocycles. The number of imide groups is 2. The Labute approximate surface area is 248 Å². The standard InChI is InChI=1S/C27H27BrCl2N2O8/c1-2-40-18-10-13(5-8-17(18)33)21-14-6-7-15-20(23(37)31(22(15)36)9-3-4-19(34)35)16(14)11-26(29)24(38)32(12-28)25(39)27(21,26)30/h5-6,8,10,15-16,20-21,33H,2-4,7,9,11-12H2,1H3,(H,34,35)/t15-,16+,20-,21-,26+,27-/m0/s1. The van der Waals surface area contributed by atoms with Crippen LogP contribution in [0.15, 0.2) is 29.8 Å². The molecule has 2 saturated heterocycles. The van der Waals surface area contributed by atoms with Crippen molar-refractivity contribution >= 4 is 68.7 Å². The van der Waals surface area contributed by atoms with Crippen LogP contribution >= 0.6 is 39.1 Å². The molecule has 2 N–H and O–H groups in total. The van der Waals surface area contributed by atoms with Gasteiger partial charge in [-0.1, -0.05) is 33.6 Å². The molecule has 2 aliphatic carbocycles. The number of nitrogens with zero attached hydrogens (tertiary/aromatic N) is 2. The maximum atomic E-state index is 13.8. The molecule has 0 unspecified atom stereocenters. The Balaban J connectivity index is 1.63. The molecule has 2 heterocycles. The van der Waals surface area contributed by atoms with Crippen molar-refractivity contribution in [3.63, 3.8) is 0 Å². The van der Waals surface area contributed by atoms with E-state index in [0.717, 1.165) is 9.80 Å². The number of allylic oxidation sites excluding steroid dienone is 2. The van der Waals surface area contributed by atoms with E-state index in [1.54, 1.807) is 19.1 Å². The third-order valence-electron chi connectivity index (χ3n) is 8.50. The molecule has 10 nitrogen and oxygen atoms in total. The molecule has 1 saturated carbocycles. The number of fused-ring (bicyclic) bond motifs is 4. The maximum absolute atomic E-state index is 13.8.